The van der Waals surface area contributed by atoms with Gasteiger partial charge in [-0.3, -0.25) is 33.8 Å². The molecule has 0 aliphatic carbocycles. The van der Waals surface area contributed by atoms with Crippen molar-refractivity contribution in [2.75, 3.05) is 13.1 Å². The van der Waals surface area contributed by atoms with Gasteiger partial charge in [0.2, 0.25) is 35.4 Å². The lowest BCUT2D eigenvalue weighted by atomic mass is 10.1. The van der Waals surface area contributed by atoms with Crippen molar-refractivity contribution in [2.24, 2.45) is 33.7 Å². The van der Waals surface area contributed by atoms with Gasteiger partial charge in [-0.1, -0.05) is 0 Å². The number of primary amides is 2. The zero-order valence-corrected chi connectivity index (χ0v) is 20.9. The molecule has 0 aromatic carbocycles. The second kappa shape index (κ2) is 17.1. The lowest BCUT2D eigenvalue weighted by molar-refractivity contribution is -0.142. The number of carboxylic acids is 1. The highest BCUT2D eigenvalue weighted by Crippen LogP contribution is 2.05. The molecule has 18 heteroatoms. The minimum Gasteiger partial charge on any atom is -0.480 e. The maximum atomic E-state index is 12.9. The predicted octanol–water partition coefficient (Wildman–Crippen LogP) is -5.82. The van der Waals surface area contributed by atoms with Gasteiger partial charge in [-0.25, -0.2) is 4.79 Å². The molecule has 0 bridgehead atoms. The summed E-state index contributed by atoms with van der Waals surface area (Å²) >= 11 is 0. The van der Waals surface area contributed by atoms with Crippen LogP contribution < -0.4 is 49.9 Å². The molecular formula is C20H36N10O8. The summed E-state index contributed by atoms with van der Waals surface area (Å²) in [6.45, 7) is 0.974. The monoisotopic (exact) mass is 544 g/mol. The third-order valence-electron chi connectivity index (χ3n) is 4.87. The van der Waals surface area contributed by atoms with E-state index >= 15 is 0 Å². The lowest BCUT2D eigenvalue weighted by Gasteiger charge is -2.25. The Morgan fingerprint density at radius 1 is 0.763 bits per heavy atom. The zero-order chi connectivity index (χ0) is 29.4. The average Bonchev–Trinajstić information content (AvgIpc) is 2.81. The first kappa shape index (κ1) is 33.5. The molecule has 0 radical (unpaired) electrons. The first-order chi connectivity index (χ1) is 17.7. The van der Waals surface area contributed by atoms with E-state index in [0.717, 1.165) is 0 Å². The van der Waals surface area contributed by atoms with Crippen LogP contribution in [-0.4, -0.2) is 89.7 Å². The molecule has 38 heavy (non-hydrogen) atoms. The Morgan fingerprint density at radius 3 is 1.82 bits per heavy atom. The molecule has 0 saturated carbocycles. The third kappa shape index (κ3) is 14.2. The number of rotatable bonds is 18. The summed E-state index contributed by atoms with van der Waals surface area (Å²) in [6, 6.07) is -5.54. The quantitative estimate of drug-likeness (QED) is 0.0440. The van der Waals surface area contributed by atoms with Crippen molar-refractivity contribution < 1.29 is 38.7 Å². The molecule has 0 heterocycles. The van der Waals surface area contributed by atoms with Crippen LogP contribution in [-0.2, 0) is 33.6 Å². The fourth-order valence-corrected chi connectivity index (χ4v) is 2.93. The highest BCUT2D eigenvalue weighted by molar-refractivity contribution is 5.96. The van der Waals surface area contributed by atoms with Crippen LogP contribution in [0.2, 0.25) is 0 Å². The molecule has 0 saturated heterocycles. The molecule has 0 aliphatic heterocycles. The van der Waals surface area contributed by atoms with E-state index in [2.05, 4.69) is 26.3 Å². The van der Waals surface area contributed by atoms with E-state index in [9.17, 15) is 38.7 Å². The fourth-order valence-electron chi connectivity index (χ4n) is 2.93. The van der Waals surface area contributed by atoms with Crippen molar-refractivity contribution in [1.82, 2.24) is 21.3 Å². The van der Waals surface area contributed by atoms with E-state index in [1.54, 1.807) is 0 Å². The van der Waals surface area contributed by atoms with Crippen molar-refractivity contribution in [3.05, 3.63) is 0 Å². The fraction of sp³-hybridized carbons (Fsp3) is 0.600. The van der Waals surface area contributed by atoms with Gasteiger partial charge >= 0.3 is 5.97 Å². The Morgan fingerprint density at radius 2 is 1.32 bits per heavy atom. The van der Waals surface area contributed by atoms with Crippen molar-refractivity contribution >= 4 is 47.4 Å². The topological polar surface area (TPSA) is 330 Å². The number of hydrogen-bond donors (Lipinski definition) is 10. The number of nitrogens with zero attached hydrogens (tertiary/aromatic N) is 1. The Kier molecular flexibility index (Phi) is 15.0. The summed E-state index contributed by atoms with van der Waals surface area (Å²) in [5.74, 6) is -6.84. The third-order valence-corrected chi connectivity index (χ3v) is 4.87. The molecule has 0 aliphatic rings. The molecule has 6 amide bonds. The zero-order valence-electron chi connectivity index (χ0n) is 20.9. The highest BCUT2D eigenvalue weighted by Gasteiger charge is 2.31. The van der Waals surface area contributed by atoms with Gasteiger partial charge in [0.1, 0.15) is 24.2 Å². The SMILES string of the molecule is C[C@H](NC(=O)CN)C(=O)N[C@@H](CC(N)=O)C(=O)N[C@@H](CCCN=C(N)N)C(=O)N[C@@H](CCC(N)=O)C(=O)O. The summed E-state index contributed by atoms with van der Waals surface area (Å²) in [6.07, 6.45) is -1.23. The predicted molar refractivity (Wildman–Crippen MR) is 132 cm³/mol. The molecule has 214 valence electrons. The van der Waals surface area contributed by atoms with E-state index in [1.165, 1.54) is 6.92 Å². The summed E-state index contributed by atoms with van der Waals surface area (Å²) < 4.78 is 0. The van der Waals surface area contributed by atoms with E-state index in [-0.39, 0.29) is 38.2 Å². The molecule has 0 fully saturated rings. The number of aliphatic imine (C=N–C) groups is 1. The summed E-state index contributed by atoms with van der Waals surface area (Å²) in [5.41, 5.74) is 25.9. The minimum absolute atomic E-state index is 0.0613. The number of nitrogens with two attached hydrogens (primary N) is 5. The molecule has 0 aromatic rings. The average molecular weight is 545 g/mol. The van der Waals surface area contributed by atoms with Crippen LogP contribution in [0.25, 0.3) is 0 Å². The first-order valence-corrected chi connectivity index (χ1v) is 11.4. The molecule has 0 unspecified atom stereocenters. The van der Waals surface area contributed by atoms with E-state index < -0.39 is 78.5 Å². The molecule has 18 nitrogen and oxygen atoms in total. The van der Waals surface area contributed by atoms with Crippen molar-refractivity contribution in [3.63, 3.8) is 0 Å². The molecule has 0 aromatic heterocycles. The number of carboxylic acid groups (broad SMARTS) is 1. The van der Waals surface area contributed by atoms with Gasteiger partial charge in [-0.05, 0) is 26.2 Å². The second-order valence-electron chi connectivity index (χ2n) is 8.14. The van der Waals surface area contributed by atoms with Crippen LogP contribution >= 0.6 is 0 Å². The van der Waals surface area contributed by atoms with Crippen LogP contribution in [0, 0.1) is 0 Å². The minimum atomic E-state index is -1.55. The van der Waals surface area contributed by atoms with Gasteiger partial charge in [0.25, 0.3) is 0 Å². The van der Waals surface area contributed by atoms with Gasteiger partial charge in [-0.15, -0.1) is 0 Å². The van der Waals surface area contributed by atoms with Gasteiger partial charge in [0, 0.05) is 13.0 Å². The van der Waals surface area contributed by atoms with Gasteiger partial charge < -0.3 is 55.0 Å². The number of guanidine groups is 1. The molecule has 15 N–H and O–H groups in total. The Balaban J connectivity index is 5.70. The lowest BCUT2D eigenvalue weighted by Crippen LogP contribution is -2.58. The van der Waals surface area contributed by atoms with Gasteiger partial charge in [0.15, 0.2) is 5.96 Å². The van der Waals surface area contributed by atoms with E-state index in [1.807, 2.05) is 0 Å². The van der Waals surface area contributed by atoms with Crippen molar-refractivity contribution in [2.45, 2.75) is 63.2 Å². The largest absolute Gasteiger partial charge is 0.480 e. The molecule has 0 spiro atoms. The Bertz CT molecular complexity index is 921. The van der Waals surface area contributed by atoms with Crippen LogP contribution in [0.1, 0.15) is 39.0 Å². The number of carbonyl (C=O) groups excluding carboxylic acids is 6. The number of hydrogen-bond acceptors (Lipinski definition) is 9. The van der Waals surface area contributed by atoms with E-state index in [0.29, 0.717) is 0 Å². The van der Waals surface area contributed by atoms with Crippen molar-refractivity contribution in [3.8, 4) is 0 Å². The first-order valence-electron chi connectivity index (χ1n) is 11.4. The standard InChI is InChI=1S/C20H36N10O8/c1-9(27-15(33)8-21)16(34)30-12(7-14(23)32)18(36)28-10(3-2-6-26-20(24)25)17(35)29-11(19(37)38)4-5-13(22)31/h9-12H,2-8,21H2,1H3,(H2,22,31)(H2,23,32)(H,27,33)(H,28,36)(H,29,35)(H,30,34)(H,37,38)(H4,24,25,26)/t9-,10-,11-,12-/m0/s1. The maximum Gasteiger partial charge on any atom is 0.326 e. The number of amides is 6. The number of aliphatic carboxylic acids is 1. The summed E-state index contributed by atoms with van der Waals surface area (Å²) in [7, 11) is 0. The van der Waals surface area contributed by atoms with Crippen LogP contribution in [0.3, 0.4) is 0 Å². The Hall–Kier alpha value is -4.48. The number of nitrogens with one attached hydrogen (secondary N) is 4. The molecule has 0 rings (SSSR count). The second-order valence-corrected chi connectivity index (χ2v) is 8.14. The van der Waals surface area contributed by atoms with Crippen LogP contribution in [0.15, 0.2) is 4.99 Å². The van der Waals surface area contributed by atoms with E-state index in [4.69, 9.17) is 28.7 Å². The van der Waals surface area contributed by atoms with Crippen molar-refractivity contribution in [1.29, 1.82) is 0 Å². The number of carbonyl (C=O) groups is 7. The summed E-state index contributed by atoms with van der Waals surface area (Å²) in [5, 5.41) is 18.4. The molecule has 4 atom stereocenters. The maximum absolute atomic E-state index is 12.9. The van der Waals surface area contributed by atoms with Gasteiger partial charge in [0.05, 0.1) is 13.0 Å². The van der Waals surface area contributed by atoms with Crippen LogP contribution in [0.4, 0.5) is 0 Å². The molecular weight excluding hydrogens is 508 g/mol. The summed E-state index contributed by atoms with van der Waals surface area (Å²) in [4.78, 5) is 87.4. The Labute approximate surface area is 217 Å². The highest BCUT2D eigenvalue weighted by atomic mass is 16.4. The van der Waals surface area contributed by atoms with Crippen LogP contribution in [0.5, 0.6) is 0 Å². The smallest absolute Gasteiger partial charge is 0.326 e. The normalized spacial score (nSPS) is 13.5. The van der Waals surface area contributed by atoms with Gasteiger partial charge in [-0.2, -0.15) is 0 Å².